The monoisotopic (exact) mass is 373 g/mol. The molecule has 1 atom stereocenters. The zero-order valence-corrected chi connectivity index (χ0v) is 16.3. The van der Waals surface area contributed by atoms with Crippen LogP contribution in [-0.4, -0.2) is 22.2 Å². The molecular weight excluding hydrogens is 350 g/mol. The lowest BCUT2D eigenvalue weighted by atomic mass is 10.1. The van der Waals surface area contributed by atoms with Gasteiger partial charge in [0.15, 0.2) is 0 Å². The minimum absolute atomic E-state index is 0.0593. The number of benzene rings is 1. The third kappa shape index (κ3) is 3.55. The molecule has 0 saturated carbocycles. The molecule has 0 aliphatic rings. The molecule has 0 spiro atoms. The molecule has 3 rings (SSSR count). The van der Waals surface area contributed by atoms with Crippen LogP contribution in [0.1, 0.15) is 26.0 Å². The number of aromatic nitrogens is 2. The fourth-order valence-corrected chi connectivity index (χ4v) is 3.48. The largest absolute Gasteiger partial charge is 0.490 e. The van der Waals surface area contributed by atoms with Crippen molar-refractivity contribution in [2.45, 2.75) is 33.2 Å². The molecule has 2 N–H and O–H groups in total. The van der Waals surface area contributed by atoms with E-state index in [1.165, 1.54) is 0 Å². The van der Waals surface area contributed by atoms with E-state index in [-0.39, 0.29) is 11.6 Å². The van der Waals surface area contributed by atoms with Gasteiger partial charge in [0.25, 0.3) is 5.56 Å². The van der Waals surface area contributed by atoms with Gasteiger partial charge in [0.05, 0.1) is 15.9 Å². The first-order valence-corrected chi connectivity index (χ1v) is 9.12. The van der Waals surface area contributed by atoms with Gasteiger partial charge in [-0.15, -0.1) is 0 Å². The number of fused-ring (bicyclic) bond motifs is 3. The Labute approximate surface area is 157 Å². The minimum Gasteiger partial charge on any atom is -0.490 e. The van der Waals surface area contributed by atoms with Gasteiger partial charge in [0.2, 0.25) is 0 Å². The molecule has 26 heavy (non-hydrogen) atoms. The lowest BCUT2D eigenvalue weighted by Gasteiger charge is -2.17. The Bertz CT molecular complexity index is 1030. The molecule has 6 heteroatoms. The third-order valence-electron chi connectivity index (χ3n) is 4.50. The first kappa shape index (κ1) is 18.7. The Morgan fingerprint density at radius 1 is 1.23 bits per heavy atom. The molecule has 2 heterocycles. The zero-order chi connectivity index (χ0) is 19.0. The summed E-state index contributed by atoms with van der Waals surface area (Å²) in [7, 11) is 1.74. The highest BCUT2D eigenvalue weighted by molar-refractivity contribution is 6.33. The summed E-state index contributed by atoms with van der Waals surface area (Å²) < 4.78 is 7.46. The summed E-state index contributed by atoms with van der Waals surface area (Å²) in [4.78, 5) is 16.9. The standard InChI is InChI=1S/C20H24ClN3O2/c1-11(2)5-13(22)10-26-19-8-18-15(7-17(19)21)14-6-12(3)23-9-16(14)20(25)24(18)4/h6-9,11,13H,5,10,22H2,1-4H3/t13-/m0/s1. The molecule has 0 aliphatic carbocycles. The summed E-state index contributed by atoms with van der Waals surface area (Å²) >= 11 is 6.46. The van der Waals surface area contributed by atoms with E-state index in [1.807, 2.05) is 25.1 Å². The van der Waals surface area contributed by atoms with Crippen molar-refractivity contribution in [2.75, 3.05) is 6.61 Å². The van der Waals surface area contributed by atoms with Gasteiger partial charge in [0.1, 0.15) is 12.4 Å². The first-order chi connectivity index (χ1) is 12.3. The average molecular weight is 374 g/mol. The van der Waals surface area contributed by atoms with Crippen LogP contribution < -0.4 is 16.0 Å². The Morgan fingerprint density at radius 2 is 1.96 bits per heavy atom. The molecule has 0 aliphatic heterocycles. The van der Waals surface area contributed by atoms with E-state index < -0.39 is 0 Å². The fourth-order valence-electron chi connectivity index (χ4n) is 3.26. The summed E-state index contributed by atoms with van der Waals surface area (Å²) in [6.07, 6.45) is 2.50. The van der Waals surface area contributed by atoms with Crippen molar-refractivity contribution in [1.82, 2.24) is 9.55 Å². The highest BCUT2D eigenvalue weighted by atomic mass is 35.5. The van der Waals surface area contributed by atoms with E-state index in [9.17, 15) is 4.79 Å². The molecule has 5 nitrogen and oxygen atoms in total. The van der Waals surface area contributed by atoms with E-state index in [4.69, 9.17) is 22.1 Å². The van der Waals surface area contributed by atoms with Crippen molar-refractivity contribution in [3.05, 3.63) is 45.5 Å². The summed E-state index contributed by atoms with van der Waals surface area (Å²) in [6, 6.07) is 5.52. The molecule has 0 fully saturated rings. The van der Waals surface area contributed by atoms with Crippen molar-refractivity contribution in [1.29, 1.82) is 0 Å². The van der Waals surface area contributed by atoms with Crippen molar-refractivity contribution < 1.29 is 4.74 Å². The van der Waals surface area contributed by atoms with Crippen LogP contribution in [0.15, 0.2) is 29.2 Å². The number of nitrogens with zero attached hydrogens (tertiary/aromatic N) is 2. The Hall–Kier alpha value is -2.11. The van der Waals surface area contributed by atoms with Crippen molar-refractivity contribution in [2.24, 2.45) is 18.7 Å². The topological polar surface area (TPSA) is 70.1 Å². The van der Waals surface area contributed by atoms with Gasteiger partial charge in [-0.1, -0.05) is 25.4 Å². The van der Waals surface area contributed by atoms with E-state index in [1.54, 1.807) is 17.8 Å². The van der Waals surface area contributed by atoms with Gasteiger partial charge in [-0.05, 0) is 36.8 Å². The fraction of sp³-hybridized carbons (Fsp3) is 0.400. The van der Waals surface area contributed by atoms with Crippen molar-refractivity contribution in [3.8, 4) is 5.75 Å². The SMILES string of the molecule is Cc1cc2c(cn1)c(=O)n(C)c1cc(OC[C@@H](N)CC(C)C)c(Cl)cc21. The molecule has 2 aromatic heterocycles. The van der Waals surface area contributed by atoms with Gasteiger partial charge in [-0.2, -0.15) is 0 Å². The predicted octanol–water partition coefficient (Wildman–Crippen LogP) is 3.80. The number of aryl methyl sites for hydroxylation is 2. The van der Waals surface area contributed by atoms with Crippen molar-refractivity contribution >= 4 is 33.3 Å². The van der Waals surface area contributed by atoms with Crippen LogP contribution in [0.5, 0.6) is 5.75 Å². The molecule has 0 saturated heterocycles. The summed E-state index contributed by atoms with van der Waals surface area (Å²) in [6.45, 7) is 6.53. The molecular formula is C20H24ClN3O2. The summed E-state index contributed by atoms with van der Waals surface area (Å²) in [5.74, 6) is 1.04. The molecule has 0 amide bonds. The van der Waals surface area contributed by atoms with Gasteiger partial charge in [0, 0.05) is 36.4 Å². The predicted molar refractivity (Wildman–Crippen MR) is 107 cm³/mol. The Balaban J connectivity index is 2.09. The number of rotatable bonds is 5. The zero-order valence-electron chi connectivity index (χ0n) is 15.5. The van der Waals surface area contributed by atoms with Crippen molar-refractivity contribution in [3.63, 3.8) is 0 Å². The summed E-state index contributed by atoms with van der Waals surface area (Å²) in [5.41, 5.74) is 7.63. The van der Waals surface area contributed by atoms with Crippen LogP contribution in [0.25, 0.3) is 21.7 Å². The van der Waals surface area contributed by atoms with Crippen LogP contribution in [-0.2, 0) is 7.05 Å². The number of hydrogen-bond acceptors (Lipinski definition) is 4. The maximum absolute atomic E-state index is 12.7. The van der Waals surface area contributed by atoms with E-state index in [0.29, 0.717) is 28.7 Å². The summed E-state index contributed by atoms with van der Waals surface area (Å²) in [5, 5.41) is 2.83. The second kappa shape index (κ2) is 7.25. The van der Waals surface area contributed by atoms with Crippen LogP contribution in [0.4, 0.5) is 0 Å². The quantitative estimate of drug-likeness (QED) is 0.690. The molecule has 1 aromatic carbocycles. The second-order valence-corrected chi connectivity index (χ2v) is 7.64. The van der Waals surface area contributed by atoms with Gasteiger partial charge in [-0.25, -0.2) is 0 Å². The molecule has 0 radical (unpaired) electrons. The smallest absolute Gasteiger partial charge is 0.260 e. The van der Waals surface area contributed by atoms with Crippen LogP contribution in [0, 0.1) is 12.8 Å². The van der Waals surface area contributed by atoms with E-state index in [0.717, 1.165) is 28.4 Å². The van der Waals surface area contributed by atoms with E-state index in [2.05, 4.69) is 18.8 Å². The van der Waals surface area contributed by atoms with Crippen LogP contribution in [0.2, 0.25) is 5.02 Å². The van der Waals surface area contributed by atoms with Gasteiger partial charge in [-0.3, -0.25) is 9.78 Å². The van der Waals surface area contributed by atoms with E-state index >= 15 is 0 Å². The number of ether oxygens (including phenoxy) is 1. The maximum atomic E-state index is 12.7. The number of halogens is 1. The lowest BCUT2D eigenvalue weighted by Crippen LogP contribution is -2.29. The van der Waals surface area contributed by atoms with Gasteiger partial charge < -0.3 is 15.0 Å². The Kier molecular flexibility index (Phi) is 5.21. The van der Waals surface area contributed by atoms with Crippen LogP contribution >= 0.6 is 11.6 Å². The average Bonchev–Trinajstić information content (AvgIpc) is 2.57. The minimum atomic E-state index is -0.0928. The maximum Gasteiger partial charge on any atom is 0.260 e. The molecule has 3 aromatic rings. The number of hydrogen-bond donors (Lipinski definition) is 1. The van der Waals surface area contributed by atoms with Gasteiger partial charge >= 0.3 is 0 Å². The van der Waals surface area contributed by atoms with Crippen LogP contribution in [0.3, 0.4) is 0 Å². The molecule has 138 valence electrons. The molecule has 0 bridgehead atoms. The second-order valence-electron chi connectivity index (χ2n) is 7.24. The highest BCUT2D eigenvalue weighted by Crippen LogP contribution is 2.33. The third-order valence-corrected chi connectivity index (χ3v) is 4.80. The highest BCUT2D eigenvalue weighted by Gasteiger charge is 2.14. The lowest BCUT2D eigenvalue weighted by molar-refractivity contribution is 0.271. The Morgan fingerprint density at radius 3 is 2.65 bits per heavy atom. The number of pyridine rings is 2. The molecule has 0 unspecified atom stereocenters. The normalized spacial score (nSPS) is 12.9. The first-order valence-electron chi connectivity index (χ1n) is 8.75. The number of nitrogens with two attached hydrogens (primary N) is 1.